The van der Waals surface area contributed by atoms with Crippen molar-refractivity contribution in [2.45, 2.75) is 116 Å². The smallest absolute Gasteiger partial charge is 0.313 e. The highest BCUT2D eigenvalue weighted by Gasteiger charge is 2.78. The third-order valence-corrected chi connectivity index (χ3v) is 18.2. The third kappa shape index (κ3) is 4.92. The number of rotatable bonds is 9. The van der Waals surface area contributed by atoms with Crippen molar-refractivity contribution >= 4 is 17.7 Å². The van der Waals surface area contributed by atoms with Gasteiger partial charge in [0, 0.05) is 51.0 Å². The van der Waals surface area contributed by atoms with Crippen molar-refractivity contribution in [3.05, 3.63) is 83.0 Å². The standard InChI is InChI=1S/C48H57F2NO8/c1-41(2)44(5)18-21-48(41,59-40(44)55)39(54)51(26-29-8-10-31(57-6)23-35(29)58-7)27-46(56)17-14-37-43(46,4)16-13-36-42(3)15-12-30(52)24-45(42)19-20-47(36,37)32(25-45)38(53)28-9-11-33(49)34(50)22-28/h8-11,19-20,22-23,25,30,36-37,52,56H,12-18,21,24,26-27H2,1-7H3/t30?,36-,37-,42-,43+,44+,45+,46-,47-,48-/m1/s1. The summed E-state index contributed by atoms with van der Waals surface area (Å²) in [5.74, 6) is -2.46. The van der Waals surface area contributed by atoms with E-state index >= 15 is 4.79 Å². The quantitative estimate of drug-likeness (QED) is 0.149. The van der Waals surface area contributed by atoms with E-state index < -0.39 is 56.0 Å². The van der Waals surface area contributed by atoms with E-state index in [9.17, 15) is 28.6 Å². The second-order valence-corrected chi connectivity index (χ2v) is 20.3. The Morgan fingerprint density at radius 2 is 1.58 bits per heavy atom. The Hall–Kier alpha value is -4.09. The van der Waals surface area contributed by atoms with Crippen LogP contribution in [0.5, 0.6) is 11.5 Å². The van der Waals surface area contributed by atoms with E-state index in [1.165, 1.54) is 6.07 Å². The van der Waals surface area contributed by atoms with Gasteiger partial charge in [-0.2, -0.15) is 0 Å². The molecule has 11 heteroatoms. The monoisotopic (exact) mass is 813 g/mol. The number of nitrogens with zero attached hydrogens (tertiary/aromatic N) is 1. The summed E-state index contributed by atoms with van der Waals surface area (Å²) in [5, 5.41) is 24.5. The van der Waals surface area contributed by atoms with Crippen molar-refractivity contribution in [3.63, 3.8) is 0 Å². The van der Waals surface area contributed by atoms with E-state index in [0.717, 1.165) is 18.6 Å². The minimum atomic E-state index is -1.45. The molecule has 2 N–H and O–H groups in total. The first-order valence-electron chi connectivity index (χ1n) is 21.3. The summed E-state index contributed by atoms with van der Waals surface area (Å²) in [4.78, 5) is 45.5. The number of ether oxygens (including phenoxy) is 3. The second kappa shape index (κ2) is 12.7. The Labute approximate surface area is 345 Å². The first kappa shape index (κ1) is 40.3. The Morgan fingerprint density at radius 1 is 0.864 bits per heavy atom. The lowest BCUT2D eigenvalue weighted by Crippen LogP contribution is -2.67. The van der Waals surface area contributed by atoms with Gasteiger partial charge < -0.3 is 29.3 Å². The number of hydrogen-bond donors (Lipinski definition) is 2. The average molecular weight is 814 g/mol. The molecule has 2 aromatic carbocycles. The molecule has 4 saturated carbocycles. The number of methoxy groups -OCH3 is 2. The van der Waals surface area contributed by atoms with Gasteiger partial charge in [0.15, 0.2) is 23.0 Å². The number of aliphatic hydroxyl groups excluding tert-OH is 1. The Morgan fingerprint density at radius 3 is 2.24 bits per heavy atom. The van der Waals surface area contributed by atoms with E-state index in [0.29, 0.717) is 74.0 Å². The van der Waals surface area contributed by atoms with E-state index in [4.69, 9.17) is 14.2 Å². The van der Waals surface area contributed by atoms with Crippen molar-refractivity contribution in [1.82, 2.24) is 4.90 Å². The fraction of sp³-hybridized carbons (Fsp3) is 0.604. The highest BCUT2D eigenvalue weighted by atomic mass is 19.2. The number of fused-ring (bicyclic) bond motifs is 3. The minimum Gasteiger partial charge on any atom is -0.497 e. The zero-order valence-corrected chi connectivity index (χ0v) is 35.3. The molecule has 316 valence electrons. The maximum atomic E-state index is 15.4. The molecule has 4 bridgehead atoms. The lowest BCUT2D eigenvalue weighted by Gasteiger charge is -2.71. The molecule has 0 aromatic heterocycles. The number of carbonyl (C=O) groups is 3. The number of benzene rings is 2. The number of Topliss-reactive ketones (excluding diaryl/α,β-unsaturated/α-hetero) is 1. The first-order chi connectivity index (χ1) is 27.7. The zero-order valence-electron chi connectivity index (χ0n) is 35.3. The number of esters is 1. The first-order valence-corrected chi connectivity index (χ1v) is 21.3. The largest absolute Gasteiger partial charge is 0.497 e. The molecule has 8 aliphatic rings. The van der Waals surface area contributed by atoms with Crippen LogP contribution in [0.4, 0.5) is 8.78 Å². The zero-order chi connectivity index (χ0) is 42.3. The van der Waals surface area contributed by atoms with Crippen molar-refractivity contribution in [1.29, 1.82) is 0 Å². The van der Waals surface area contributed by atoms with Gasteiger partial charge in [-0.1, -0.05) is 45.9 Å². The number of ketones is 1. The van der Waals surface area contributed by atoms with Crippen molar-refractivity contribution in [2.75, 3.05) is 20.8 Å². The summed E-state index contributed by atoms with van der Waals surface area (Å²) in [6, 6.07) is 8.69. The fourth-order valence-electron chi connectivity index (χ4n) is 14.1. The van der Waals surface area contributed by atoms with Crippen molar-refractivity contribution < 1.29 is 47.6 Å². The molecule has 59 heavy (non-hydrogen) atoms. The molecule has 0 radical (unpaired) electrons. The number of aliphatic hydroxyl groups is 2. The number of carbonyl (C=O) groups excluding carboxylic acids is 3. The van der Waals surface area contributed by atoms with Crippen LogP contribution in [0.15, 0.2) is 60.2 Å². The van der Waals surface area contributed by atoms with Gasteiger partial charge in [-0.05, 0) is 112 Å². The second-order valence-electron chi connectivity index (χ2n) is 20.3. The molecule has 5 fully saturated rings. The molecule has 1 amide bonds. The molecule has 2 aromatic rings. The van der Waals surface area contributed by atoms with Gasteiger partial charge in [-0.15, -0.1) is 0 Å². The normalized spacial score (nSPS) is 40.8. The highest BCUT2D eigenvalue weighted by molar-refractivity contribution is 6.10. The molecular weight excluding hydrogens is 757 g/mol. The van der Waals surface area contributed by atoms with Crippen LogP contribution < -0.4 is 9.47 Å². The van der Waals surface area contributed by atoms with E-state index in [1.54, 1.807) is 31.3 Å². The number of hydrogen-bond acceptors (Lipinski definition) is 8. The number of amides is 1. The molecule has 1 unspecified atom stereocenters. The summed E-state index contributed by atoms with van der Waals surface area (Å²) in [6.07, 6.45) is 10.7. The molecular formula is C48H57F2NO8. The maximum absolute atomic E-state index is 15.4. The van der Waals surface area contributed by atoms with Crippen LogP contribution in [0.2, 0.25) is 0 Å². The van der Waals surface area contributed by atoms with E-state index in [2.05, 4.69) is 26.0 Å². The highest BCUT2D eigenvalue weighted by Crippen LogP contribution is 2.78. The fourth-order valence-corrected chi connectivity index (χ4v) is 14.1. The van der Waals surface area contributed by atoms with Gasteiger partial charge in [0.2, 0.25) is 0 Å². The summed E-state index contributed by atoms with van der Waals surface area (Å²) in [7, 11) is 3.12. The summed E-state index contributed by atoms with van der Waals surface area (Å²) >= 11 is 0. The molecule has 7 aliphatic carbocycles. The Bertz CT molecular complexity index is 2240. The van der Waals surface area contributed by atoms with Crippen molar-refractivity contribution in [2.24, 2.45) is 44.3 Å². The van der Waals surface area contributed by atoms with Gasteiger partial charge >= 0.3 is 5.97 Å². The van der Waals surface area contributed by atoms with Gasteiger partial charge in [0.05, 0.1) is 37.9 Å². The van der Waals surface area contributed by atoms with E-state index in [1.807, 2.05) is 32.9 Å². The number of allylic oxidation sites excluding steroid dienone is 4. The Balaban J connectivity index is 1.15. The molecule has 10 atom stereocenters. The van der Waals surface area contributed by atoms with Gasteiger partial charge in [-0.25, -0.2) is 8.78 Å². The third-order valence-electron chi connectivity index (χ3n) is 18.2. The van der Waals surface area contributed by atoms with E-state index in [-0.39, 0.29) is 53.6 Å². The van der Waals surface area contributed by atoms with Gasteiger partial charge in [0.1, 0.15) is 11.5 Å². The predicted octanol–water partition coefficient (Wildman–Crippen LogP) is 7.91. The van der Waals surface area contributed by atoms with Crippen LogP contribution >= 0.6 is 0 Å². The number of halogens is 2. The molecule has 1 aliphatic heterocycles. The molecule has 2 spiro atoms. The molecule has 1 heterocycles. The SMILES string of the molecule is COc1ccc(CN(C[C@]2(O)CC[C@H]3[C@]45C=C[C@@]6(C=C4C(=O)c4ccc(F)c(F)c4)CC(O)CC[C@]6(C)[C@H]5CC[C@@]32C)C(=O)[C@@]23CC[C@@](C)(C(=O)O2)C3(C)C)c(OC)c1. The molecule has 10 rings (SSSR count). The predicted molar refractivity (Wildman–Crippen MR) is 214 cm³/mol. The van der Waals surface area contributed by atoms with Crippen LogP contribution in [0.1, 0.15) is 108 Å². The van der Waals surface area contributed by atoms with Crippen LogP contribution in [0.3, 0.4) is 0 Å². The minimum absolute atomic E-state index is 0.0304. The average Bonchev–Trinajstić information content (AvgIpc) is 3.65. The molecule has 1 saturated heterocycles. The summed E-state index contributed by atoms with van der Waals surface area (Å²) in [5.41, 5.74) is -5.89. The topological polar surface area (TPSA) is 123 Å². The maximum Gasteiger partial charge on any atom is 0.313 e. The van der Waals surface area contributed by atoms with Gasteiger partial charge in [0.25, 0.3) is 5.91 Å². The van der Waals surface area contributed by atoms with Crippen LogP contribution in [-0.2, 0) is 20.9 Å². The lowest BCUT2D eigenvalue weighted by atomic mass is 9.32. The van der Waals surface area contributed by atoms with Gasteiger partial charge in [-0.3, -0.25) is 14.4 Å². The molecule has 9 nitrogen and oxygen atoms in total. The summed E-state index contributed by atoms with van der Waals surface area (Å²) in [6.45, 7) is 10.1. The Kier molecular flexibility index (Phi) is 8.70. The van der Waals surface area contributed by atoms with Crippen LogP contribution in [0.25, 0.3) is 0 Å². The van der Waals surface area contributed by atoms with Crippen molar-refractivity contribution in [3.8, 4) is 11.5 Å². The van der Waals surface area contributed by atoms with Crippen LogP contribution in [0, 0.1) is 56.0 Å². The lowest BCUT2D eigenvalue weighted by molar-refractivity contribution is -0.187. The summed E-state index contributed by atoms with van der Waals surface area (Å²) < 4.78 is 46.4. The van der Waals surface area contributed by atoms with Crippen LogP contribution in [-0.4, -0.2) is 70.8 Å².